The minimum absolute atomic E-state index is 0.169. The predicted octanol–water partition coefficient (Wildman–Crippen LogP) is 5.47. The van der Waals surface area contributed by atoms with Crippen molar-refractivity contribution in [3.63, 3.8) is 0 Å². The average molecular weight is 469 g/mol. The van der Waals surface area contributed by atoms with Gasteiger partial charge < -0.3 is 9.84 Å². The lowest BCUT2D eigenvalue weighted by atomic mass is 9.91. The summed E-state index contributed by atoms with van der Waals surface area (Å²) in [5.41, 5.74) is 8.51. The van der Waals surface area contributed by atoms with Crippen LogP contribution >= 0.6 is 22.9 Å². The van der Waals surface area contributed by atoms with Gasteiger partial charge >= 0.3 is 0 Å². The van der Waals surface area contributed by atoms with Crippen LogP contribution in [-0.4, -0.2) is 29.8 Å². The van der Waals surface area contributed by atoms with Gasteiger partial charge in [-0.15, -0.1) is 16.9 Å². The Kier molecular flexibility index (Phi) is 6.34. The van der Waals surface area contributed by atoms with Crippen molar-refractivity contribution >= 4 is 31.0 Å². The van der Waals surface area contributed by atoms with Gasteiger partial charge in [0.1, 0.15) is 31.8 Å². The zero-order chi connectivity index (χ0) is 22.2. The van der Waals surface area contributed by atoms with E-state index < -0.39 is 14.2 Å². The molecule has 0 aliphatic carbocycles. The number of halogens is 1. The SMILES string of the molecule is Cc1sc(C(O)c2cncnc2Cl)cc1C1OCCc2ccc(C#C[Si](C)(C)C)cc21. The number of aromatic nitrogens is 2. The molecule has 0 fully saturated rings. The third kappa shape index (κ3) is 4.92. The number of aliphatic hydroxyl groups is 1. The van der Waals surface area contributed by atoms with E-state index in [0.29, 0.717) is 12.2 Å². The van der Waals surface area contributed by atoms with Crippen LogP contribution in [0.1, 0.15) is 49.8 Å². The number of rotatable bonds is 3. The highest BCUT2D eigenvalue weighted by molar-refractivity contribution is 7.12. The Morgan fingerprint density at radius 2 is 2.06 bits per heavy atom. The second kappa shape index (κ2) is 8.85. The largest absolute Gasteiger partial charge is 0.383 e. The maximum atomic E-state index is 10.9. The van der Waals surface area contributed by atoms with Crippen molar-refractivity contribution in [3.05, 3.63) is 79.5 Å². The Hall–Kier alpha value is -2.01. The van der Waals surface area contributed by atoms with Gasteiger partial charge in [0.25, 0.3) is 0 Å². The molecular weight excluding hydrogens is 444 g/mol. The van der Waals surface area contributed by atoms with Crippen LogP contribution in [0.15, 0.2) is 36.8 Å². The van der Waals surface area contributed by atoms with E-state index in [9.17, 15) is 5.11 Å². The van der Waals surface area contributed by atoms with E-state index in [0.717, 1.165) is 32.9 Å². The summed E-state index contributed by atoms with van der Waals surface area (Å²) in [7, 11) is -1.45. The van der Waals surface area contributed by atoms with Gasteiger partial charge in [-0.05, 0) is 48.2 Å². The van der Waals surface area contributed by atoms with Crippen molar-refractivity contribution in [2.45, 2.75) is 45.2 Å². The van der Waals surface area contributed by atoms with Gasteiger partial charge in [-0.1, -0.05) is 43.2 Å². The predicted molar refractivity (Wildman–Crippen MR) is 128 cm³/mol. The van der Waals surface area contributed by atoms with Crippen LogP contribution in [0.5, 0.6) is 0 Å². The van der Waals surface area contributed by atoms with E-state index in [1.54, 1.807) is 17.5 Å². The monoisotopic (exact) mass is 468 g/mol. The van der Waals surface area contributed by atoms with Gasteiger partial charge in [0.15, 0.2) is 0 Å². The summed E-state index contributed by atoms with van der Waals surface area (Å²) in [6.07, 6.45) is 2.78. The zero-order valence-corrected chi connectivity index (χ0v) is 20.6. The van der Waals surface area contributed by atoms with Crippen LogP contribution in [-0.2, 0) is 11.2 Å². The first-order valence-electron chi connectivity index (χ1n) is 10.2. The van der Waals surface area contributed by atoms with Crippen molar-refractivity contribution in [2.75, 3.05) is 6.61 Å². The summed E-state index contributed by atoms with van der Waals surface area (Å²) < 4.78 is 6.23. The van der Waals surface area contributed by atoms with Crippen molar-refractivity contribution in [2.24, 2.45) is 0 Å². The van der Waals surface area contributed by atoms with Crippen molar-refractivity contribution in [1.82, 2.24) is 9.97 Å². The molecule has 0 saturated carbocycles. The minimum Gasteiger partial charge on any atom is -0.383 e. The van der Waals surface area contributed by atoms with Gasteiger partial charge in [-0.2, -0.15) is 0 Å². The van der Waals surface area contributed by atoms with Crippen LogP contribution < -0.4 is 0 Å². The highest BCUT2D eigenvalue weighted by Gasteiger charge is 2.27. The summed E-state index contributed by atoms with van der Waals surface area (Å²) in [6.45, 7) is 9.47. The molecule has 0 spiro atoms. The first-order valence-corrected chi connectivity index (χ1v) is 14.9. The molecular formula is C24H25ClN2O2SSi. The number of fused-ring (bicyclic) bond motifs is 1. The average Bonchev–Trinajstić information content (AvgIpc) is 3.12. The highest BCUT2D eigenvalue weighted by atomic mass is 35.5. The zero-order valence-electron chi connectivity index (χ0n) is 18.1. The van der Waals surface area contributed by atoms with Crippen LogP contribution in [0, 0.1) is 18.4 Å². The summed E-state index contributed by atoms with van der Waals surface area (Å²) >= 11 is 7.71. The van der Waals surface area contributed by atoms with Crippen molar-refractivity contribution in [1.29, 1.82) is 0 Å². The Bertz CT molecular complexity index is 1180. The second-order valence-electron chi connectivity index (χ2n) is 8.75. The topological polar surface area (TPSA) is 55.2 Å². The fourth-order valence-electron chi connectivity index (χ4n) is 3.62. The maximum absolute atomic E-state index is 10.9. The molecule has 4 rings (SSSR count). The van der Waals surface area contributed by atoms with Gasteiger partial charge in [-0.25, -0.2) is 9.97 Å². The third-order valence-electron chi connectivity index (χ3n) is 5.18. The molecule has 31 heavy (non-hydrogen) atoms. The van der Waals surface area contributed by atoms with Gasteiger partial charge in [0.05, 0.1) is 6.61 Å². The first kappa shape index (κ1) is 22.2. The van der Waals surface area contributed by atoms with E-state index >= 15 is 0 Å². The molecule has 3 aromatic rings. The lowest BCUT2D eigenvalue weighted by molar-refractivity contribution is 0.0696. The standard InChI is InChI=1S/C24H25ClN2O2SSi/c1-15-18(12-21(30-15)22(28)20-13-26-14-27-24(20)25)23-19-11-16(8-10-31(2,3)4)5-6-17(19)7-9-29-23/h5-6,11-14,22-23,28H,7,9H2,1-4H3. The minimum atomic E-state index is -1.45. The van der Waals surface area contributed by atoms with E-state index in [1.807, 2.05) is 6.07 Å². The summed E-state index contributed by atoms with van der Waals surface area (Å²) in [5.74, 6) is 3.36. The van der Waals surface area contributed by atoms with E-state index in [1.165, 1.54) is 11.9 Å². The molecule has 1 N–H and O–H groups in total. The first-order chi connectivity index (χ1) is 14.7. The smallest absolute Gasteiger partial charge is 0.138 e. The van der Waals surface area contributed by atoms with Crippen LogP contribution in [0.3, 0.4) is 0 Å². The Balaban J connectivity index is 1.70. The molecule has 0 saturated heterocycles. The summed E-state index contributed by atoms with van der Waals surface area (Å²) in [6, 6.07) is 8.48. The molecule has 160 valence electrons. The number of aryl methyl sites for hydroxylation is 1. The fourth-order valence-corrected chi connectivity index (χ4v) is 5.39. The molecule has 0 amide bonds. The number of ether oxygens (including phenoxy) is 1. The lowest BCUT2D eigenvalue weighted by Gasteiger charge is -2.26. The summed E-state index contributed by atoms with van der Waals surface area (Å²) in [4.78, 5) is 9.89. The molecule has 3 heterocycles. The molecule has 2 unspecified atom stereocenters. The Morgan fingerprint density at radius 3 is 2.81 bits per heavy atom. The molecule has 4 nitrogen and oxygen atoms in total. The number of hydrogen-bond acceptors (Lipinski definition) is 5. The van der Waals surface area contributed by atoms with Crippen LogP contribution in [0.25, 0.3) is 0 Å². The number of thiophene rings is 1. The number of nitrogens with zero attached hydrogens (tertiary/aromatic N) is 2. The fraction of sp³-hybridized carbons (Fsp3) is 0.333. The van der Waals surface area contributed by atoms with Gasteiger partial charge in [0, 0.05) is 27.1 Å². The normalized spacial score (nSPS) is 16.9. The van der Waals surface area contributed by atoms with Crippen molar-refractivity contribution < 1.29 is 9.84 Å². The Morgan fingerprint density at radius 1 is 1.26 bits per heavy atom. The number of benzene rings is 1. The lowest BCUT2D eigenvalue weighted by Crippen LogP contribution is -2.18. The van der Waals surface area contributed by atoms with E-state index in [4.69, 9.17) is 16.3 Å². The van der Waals surface area contributed by atoms with E-state index in [-0.39, 0.29) is 11.3 Å². The molecule has 1 aliphatic heterocycles. The molecule has 0 radical (unpaired) electrons. The maximum Gasteiger partial charge on any atom is 0.138 e. The van der Waals surface area contributed by atoms with Gasteiger partial charge in [-0.3, -0.25) is 0 Å². The van der Waals surface area contributed by atoms with E-state index in [2.05, 4.69) is 66.2 Å². The molecule has 2 aromatic heterocycles. The van der Waals surface area contributed by atoms with Crippen LogP contribution in [0.2, 0.25) is 24.8 Å². The number of hydrogen-bond donors (Lipinski definition) is 1. The number of aliphatic hydroxyl groups excluding tert-OH is 1. The molecule has 1 aliphatic rings. The van der Waals surface area contributed by atoms with Crippen LogP contribution in [0.4, 0.5) is 0 Å². The highest BCUT2D eigenvalue weighted by Crippen LogP contribution is 2.40. The molecule has 0 bridgehead atoms. The summed E-state index contributed by atoms with van der Waals surface area (Å²) in [5, 5.41) is 11.1. The third-order valence-corrected chi connectivity index (χ3v) is 7.49. The molecule has 1 aromatic carbocycles. The molecule has 2 atom stereocenters. The van der Waals surface area contributed by atoms with Gasteiger partial charge in [0.2, 0.25) is 0 Å². The molecule has 7 heteroatoms. The second-order valence-corrected chi connectivity index (χ2v) is 15.1. The quantitative estimate of drug-likeness (QED) is 0.314. The van der Waals surface area contributed by atoms with Crippen molar-refractivity contribution in [3.8, 4) is 11.5 Å². The Labute approximate surface area is 193 Å².